The van der Waals surface area contributed by atoms with Gasteiger partial charge in [-0.15, -0.1) is 0 Å². The summed E-state index contributed by atoms with van der Waals surface area (Å²) in [6.45, 7) is 2.23. The molecular formula is C18H24N2O10. The monoisotopic (exact) mass is 428 g/mol. The third kappa shape index (κ3) is 5.49. The summed E-state index contributed by atoms with van der Waals surface area (Å²) in [5.74, 6) is -1.35. The van der Waals surface area contributed by atoms with Crippen LogP contribution >= 0.6 is 0 Å². The highest BCUT2D eigenvalue weighted by atomic mass is 16.6. The summed E-state index contributed by atoms with van der Waals surface area (Å²) in [5.41, 5.74) is -1.81. The van der Waals surface area contributed by atoms with Gasteiger partial charge in [0.25, 0.3) is 5.69 Å². The van der Waals surface area contributed by atoms with E-state index in [4.69, 9.17) is 14.2 Å². The van der Waals surface area contributed by atoms with E-state index >= 15 is 0 Å². The van der Waals surface area contributed by atoms with Crippen LogP contribution in [0.5, 0.6) is 11.5 Å². The lowest BCUT2D eigenvalue weighted by Crippen LogP contribution is -2.54. The summed E-state index contributed by atoms with van der Waals surface area (Å²) in [4.78, 5) is 46.9. The third-order valence-corrected chi connectivity index (χ3v) is 4.27. The topological polar surface area (TPSA) is 153 Å². The Morgan fingerprint density at radius 2 is 1.63 bits per heavy atom. The maximum atomic E-state index is 12.2. The van der Waals surface area contributed by atoms with Gasteiger partial charge < -0.3 is 29.0 Å². The van der Waals surface area contributed by atoms with Gasteiger partial charge in [-0.3, -0.25) is 14.9 Å². The summed E-state index contributed by atoms with van der Waals surface area (Å²) in [6, 6.07) is 0.996. The van der Waals surface area contributed by atoms with E-state index < -0.39 is 41.0 Å². The number of nitro groups is 1. The molecule has 0 saturated carbocycles. The molecule has 166 valence electrons. The second-order valence-electron chi connectivity index (χ2n) is 6.48. The molecule has 1 amide bonds. The van der Waals surface area contributed by atoms with E-state index in [1.165, 1.54) is 34.1 Å². The summed E-state index contributed by atoms with van der Waals surface area (Å²) < 4.78 is 24.4. The molecule has 0 aliphatic rings. The average Bonchev–Trinajstić information content (AvgIpc) is 2.73. The van der Waals surface area contributed by atoms with E-state index in [0.717, 1.165) is 20.3 Å². The van der Waals surface area contributed by atoms with Crippen LogP contribution in [0.2, 0.25) is 0 Å². The first kappa shape index (κ1) is 24.5. The molecule has 1 aromatic carbocycles. The molecule has 0 aromatic heterocycles. The summed E-state index contributed by atoms with van der Waals surface area (Å²) in [5, 5.41) is 13.6. The minimum atomic E-state index is -1.48. The molecule has 1 aromatic rings. The van der Waals surface area contributed by atoms with Gasteiger partial charge in [-0.2, -0.15) is 0 Å². The van der Waals surface area contributed by atoms with Crippen molar-refractivity contribution in [3.63, 3.8) is 0 Å². The number of carbonyl (C=O) groups excluding carboxylic acids is 3. The number of methoxy groups -OCH3 is 4. The molecule has 1 rings (SSSR count). The molecule has 0 bridgehead atoms. The number of ether oxygens (including phenoxy) is 5. The molecule has 0 aliphatic carbocycles. The van der Waals surface area contributed by atoms with E-state index in [1.54, 1.807) is 0 Å². The van der Waals surface area contributed by atoms with Crippen LogP contribution in [0, 0.1) is 15.5 Å². The Bertz CT molecular complexity index is 821. The number of rotatable bonds is 9. The number of benzene rings is 1. The fourth-order valence-electron chi connectivity index (χ4n) is 2.53. The maximum absolute atomic E-state index is 12.2. The zero-order chi connectivity index (χ0) is 23.1. The molecule has 12 nitrogen and oxygen atoms in total. The number of nitro benzene ring substituents is 1. The molecular weight excluding hydrogens is 404 g/mol. The van der Waals surface area contributed by atoms with Gasteiger partial charge >= 0.3 is 18.0 Å². The SMILES string of the molecule is COC(=O)[C@@H](NC(=O)OCc1cc(OC)c(OC)cc1[N+](=O)[O-])C(C)(C)C(=O)OC. The minimum absolute atomic E-state index is 0.0228. The number of nitrogens with zero attached hydrogens (tertiary/aromatic N) is 1. The molecule has 0 unspecified atom stereocenters. The van der Waals surface area contributed by atoms with Crippen LogP contribution in [-0.2, 0) is 30.4 Å². The lowest BCUT2D eigenvalue weighted by Gasteiger charge is -2.29. The predicted octanol–water partition coefficient (Wildman–Crippen LogP) is 1.58. The Morgan fingerprint density at radius 1 is 1.07 bits per heavy atom. The first-order valence-corrected chi connectivity index (χ1v) is 8.52. The van der Waals surface area contributed by atoms with Crippen molar-refractivity contribution in [2.45, 2.75) is 26.5 Å². The fourth-order valence-corrected chi connectivity index (χ4v) is 2.53. The predicted molar refractivity (Wildman–Crippen MR) is 101 cm³/mol. The van der Waals surface area contributed by atoms with E-state index in [-0.39, 0.29) is 22.7 Å². The van der Waals surface area contributed by atoms with Gasteiger partial charge in [-0.05, 0) is 19.9 Å². The van der Waals surface area contributed by atoms with Crippen LogP contribution in [0.25, 0.3) is 0 Å². The highest BCUT2D eigenvalue weighted by Gasteiger charge is 2.44. The Kier molecular flexibility index (Phi) is 8.38. The van der Waals surface area contributed by atoms with Gasteiger partial charge in [-0.25, -0.2) is 9.59 Å². The Labute approximate surface area is 172 Å². The fraction of sp³-hybridized carbons (Fsp3) is 0.500. The van der Waals surface area contributed by atoms with Gasteiger partial charge in [0.15, 0.2) is 11.5 Å². The number of esters is 2. The van der Waals surface area contributed by atoms with Crippen LogP contribution in [0.15, 0.2) is 12.1 Å². The standard InChI is InChI=1S/C18H24N2O10/c1-18(2,16(22)29-6)14(15(21)28-5)19-17(23)30-9-10-7-12(26-3)13(27-4)8-11(10)20(24)25/h7-8,14H,9H2,1-6H3,(H,19,23)/t14-/m1/s1. The van der Waals surface area contributed by atoms with Crippen LogP contribution in [-0.4, -0.2) is 57.4 Å². The number of alkyl carbamates (subject to hydrolysis) is 1. The normalized spacial score (nSPS) is 11.7. The molecule has 12 heteroatoms. The number of nitrogens with one attached hydrogen (secondary N) is 1. The lowest BCUT2D eigenvalue weighted by molar-refractivity contribution is -0.385. The van der Waals surface area contributed by atoms with E-state index in [2.05, 4.69) is 14.8 Å². The van der Waals surface area contributed by atoms with Gasteiger partial charge in [0, 0.05) is 0 Å². The van der Waals surface area contributed by atoms with Crippen molar-refractivity contribution in [3.8, 4) is 11.5 Å². The molecule has 0 saturated heterocycles. The molecule has 0 radical (unpaired) electrons. The van der Waals surface area contributed by atoms with Crippen LogP contribution in [0.4, 0.5) is 10.5 Å². The summed E-state index contributed by atoms with van der Waals surface area (Å²) in [6.07, 6.45) is -1.11. The van der Waals surface area contributed by atoms with E-state index in [0.29, 0.717) is 0 Å². The molecule has 1 N–H and O–H groups in total. The van der Waals surface area contributed by atoms with Crippen LogP contribution < -0.4 is 14.8 Å². The zero-order valence-corrected chi connectivity index (χ0v) is 17.5. The smallest absolute Gasteiger partial charge is 0.408 e. The van der Waals surface area contributed by atoms with E-state index in [1.807, 2.05) is 0 Å². The highest BCUT2D eigenvalue weighted by Crippen LogP contribution is 2.34. The second-order valence-corrected chi connectivity index (χ2v) is 6.48. The van der Waals surface area contributed by atoms with Crippen molar-refractivity contribution in [1.29, 1.82) is 0 Å². The second kappa shape index (κ2) is 10.3. The number of amides is 1. The van der Waals surface area contributed by atoms with Crippen molar-refractivity contribution < 1.29 is 43.0 Å². The van der Waals surface area contributed by atoms with Crippen molar-refractivity contribution in [2.75, 3.05) is 28.4 Å². The molecule has 0 fully saturated rings. The van der Waals surface area contributed by atoms with Crippen molar-refractivity contribution >= 4 is 23.7 Å². The third-order valence-electron chi connectivity index (χ3n) is 4.27. The quantitative estimate of drug-likeness (QED) is 0.265. The molecule has 0 heterocycles. The zero-order valence-electron chi connectivity index (χ0n) is 17.5. The summed E-state index contributed by atoms with van der Waals surface area (Å²) >= 11 is 0. The van der Waals surface area contributed by atoms with Gasteiger partial charge in [0.05, 0.1) is 50.4 Å². The maximum Gasteiger partial charge on any atom is 0.408 e. The van der Waals surface area contributed by atoms with Crippen LogP contribution in [0.3, 0.4) is 0 Å². The Morgan fingerprint density at radius 3 is 2.10 bits per heavy atom. The van der Waals surface area contributed by atoms with Gasteiger partial charge in [0.1, 0.15) is 12.6 Å². The molecule has 1 atom stereocenters. The lowest BCUT2D eigenvalue weighted by atomic mass is 9.84. The minimum Gasteiger partial charge on any atom is -0.493 e. The number of hydrogen-bond acceptors (Lipinski definition) is 10. The van der Waals surface area contributed by atoms with Crippen molar-refractivity contribution in [3.05, 3.63) is 27.8 Å². The molecule has 0 spiro atoms. The van der Waals surface area contributed by atoms with Gasteiger partial charge in [0.2, 0.25) is 0 Å². The number of carbonyl (C=O) groups is 3. The first-order chi connectivity index (χ1) is 14.0. The van der Waals surface area contributed by atoms with Gasteiger partial charge in [-0.1, -0.05) is 0 Å². The summed E-state index contributed by atoms with van der Waals surface area (Å²) in [7, 11) is 4.88. The van der Waals surface area contributed by atoms with Crippen LogP contribution in [0.1, 0.15) is 19.4 Å². The van der Waals surface area contributed by atoms with E-state index in [9.17, 15) is 24.5 Å². The largest absolute Gasteiger partial charge is 0.493 e. The average molecular weight is 428 g/mol. The molecule has 0 aliphatic heterocycles. The Balaban J connectivity index is 3.06. The Hall–Kier alpha value is -3.57. The molecule has 30 heavy (non-hydrogen) atoms. The highest BCUT2D eigenvalue weighted by molar-refractivity contribution is 5.89. The number of hydrogen-bond donors (Lipinski definition) is 1. The first-order valence-electron chi connectivity index (χ1n) is 8.52. The van der Waals surface area contributed by atoms with Crippen molar-refractivity contribution in [1.82, 2.24) is 5.32 Å². The van der Waals surface area contributed by atoms with Crippen molar-refractivity contribution in [2.24, 2.45) is 5.41 Å².